The van der Waals surface area contributed by atoms with Gasteiger partial charge in [-0.3, -0.25) is 9.36 Å². The average Bonchev–Trinajstić information content (AvgIpc) is 2.53. The fraction of sp³-hybridized carbons (Fsp3) is 0.562. The van der Waals surface area contributed by atoms with Crippen molar-refractivity contribution in [2.75, 3.05) is 25.7 Å². The van der Waals surface area contributed by atoms with Crippen LogP contribution in [0.15, 0.2) is 30.3 Å². The maximum atomic E-state index is 12.4. The SMILES string of the molecule is CCOC(=O)C(CCc1ccccc1)CP(=O)(CO)OCC. The van der Waals surface area contributed by atoms with Crippen LogP contribution in [0.1, 0.15) is 25.8 Å². The molecule has 0 fully saturated rings. The Bertz CT molecular complexity index is 489. The van der Waals surface area contributed by atoms with Gasteiger partial charge >= 0.3 is 5.97 Å². The summed E-state index contributed by atoms with van der Waals surface area (Å²) in [7, 11) is -3.20. The molecule has 0 aliphatic carbocycles. The van der Waals surface area contributed by atoms with E-state index in [2.05, 4.69) is 0 Å². The molecule has 2 unspecified atom stereocenters. The minimum atomic E-state index is -3.20. The molecule has 0 spiro atoms. The predicted molar refractivity (Wildman–Crippen MR) is 86.1 cm³/mol. The van der Waals surface area contributed by atoms with Gasteiger partial charge in [0.05, 0.1) is 19.1 Å². The van der Waals surface area contributed by atoms with Gasteiger partial charge < -0.3 is 14.4 Å². The van der Waals surface area contributed by atoms with Crippen LogP contribution in [-0.2, 0) is 25.0 Å². The van der Waals surface area contributed by atoms with E-state index in [0.29, 0.717) is 12.8 Å². The molecule has 0 bridgehead atoms. The van der Waals surface area contributed by atoms with Crippen LogP contribution in [0.25, 0.3) is 0 Å². The van der Waals surface area contributed by atoms with Gasteiger partial charge in [0.1, 0.15) is 6.35 Å². The van der Waals surface area contributed by atoms with Gasteiger partial charge in [0.25, 0.3) is 0 Å². The number of carbonyl (C=O) groups is 1. The minimum Gasteiger partial charge on any atom is -0.466 e. The van der Waals surface area contributed by atoms with Crippen LogP contribution in [0.3, 0.4) is 0 Å². The first kappa shape index (κ1) is 18.9. The second-order valence-corrected chi connectivity index (χ2v) is 7.56. The molecule has 6 heteroatoms. The number of hydrogen-bond donors (Lipinski definition) is 1. The number of esters is 1. The van der Waals surface area contributed by atoms with Gasteiger partial charge in [-0.25, -0.2) is 0 Å². The van der Waals surface area contributed by atoms with Crippen molar-refractivity contribution in [1.82, 2.24) is 0 Å². The van der Waals surface area contributed by atoms with Crippen molar-refractivity contribution in [3.05, 3.63) is 35.9 Å². The number of aliphatic hydroxyl groups excluding tert-OH is 1. The van der Waals surface area contributed by atoms with Crippen LogP contribution in [0.4, 0.5) is 0 Å². The molecule has 0 aliphatic heterocycles. The van der Waals surface area contributed by atoms with Crippen molar-refractivity contribution in [2.45, 2.75) is 26.7 Å². The maximum absolute atomic E-state index is 12.4. The Labute approximate surface area is 132 Å². The highest BCUT2D eigenvalue weighted by molar-refractivity contribution is 7.58. The lowest BCUT2D eigenvalue weighted by molar-refractivity contribution is -0.147. The Balaban J connectivity index is 2.75. The largest absolute Gasteiger partial charge is 0.466 e. The van der Waals surface area contributed by atoms with Crippen molar-refractivity contribution in [3.63, 3.8) is 0 Å². The predicted octanol–water partition coefficient (Wildman–Crippen LogP) is 3.06. The number of rotatable bonds is 10. The van der Waals surface area contributed by atoms with Gasteiger partial charge in [-0.1, -0.05) is 30.3 Å². The van der Waals surface area contributed by atoms with Crippen LogP contribution < -0.4 is 0 Å². The molecule has 1 aromatic rings. The Morgan fingerprint density at radius 2 is 1.91 bits per heavy atom. The summed E-state index contributed by atoms with van der Waals surface area (Å²) in [5.74, 6) is -0.920. The van der Waals surface area contributed by atoms with Crippen LogP contribution in [0, 0.1) is 5.92 Å². The lowest BCUT2D eigenvalue weighted by Gasteiger charge is -2.21. The van der Waals surface area contributed by atoms with Gasteiger partial charge in [-0.15, -0.1) is 0 Å². The van der Waals surface area contributed by atoms with Crippen LogP contribution in [-0.4, -0.2) is 36.8 Å². The van der Waals surface area contributed by atoms with Gasteiger partial charge in [-0.2, -0.15) is 0 Å². The van der Waals surface area contributed by atoms with Crippen molar-refractivity contribution in [2.24, 2.45) is 5.92 Å². The summed E-state index contributed by atoms with van der Waals surface area (Å²) in [6.07, 6.45) is 0.660. The van der Waals surface area contributed by atoms with E-state index in [9.17, 15) is 14.5 Å². The smallest absolute Gasteiger partial charge is 0.309 e. The summed E-state index contributed by atoms with van der Waals surface area (Å²) in [6, 6.07) is 9.77. The monoisotopic (exact) mass is 328 g/mol. The number of aryl methyl sites for hydroxylation is 1. The fourth-order valence-corrected chi connectivity index (χ4v) is 4.03. The molecule has 0 radical (unpaired) electrons. The number of ether oxygens (including phenoxy) is 1. The molecule has 124 valence electrons. The Kier molecular flexibility index (Phi) is 8.39. The molecule has 22 heavy (non-hydrogen) atoms. The highest BCUT2D eigenvalue weighted by atomic mass is 31.2. The summed E-state index contributed by atoms with van der Waals surface area (Å²) in [6.45, 7) is 3.97. The highest BCUT2D eigenvalue weighted by Crippen LogP contribution is 2.48. The molecule has 1 N–H and O–H groups in total. The number of hydrogen-bond acceptors (Lipinski definition) is 5. The summed E-state index contributed by atoms with van der Waals surface area (Å²) in [5, 5.41) is 9.32. The van der Waals surface area contributed by atoms with Crippen molar-refractivity contribution >= 4 is 13.3 Å². The molecule has 0 heterocycles. The lowest BCUT2D eigenvalue weighted by atomic mass is 10.0. The quantitative estimate of drug-likeness (QED) is 0.528. The summed E-state index contributed by atoms with van der Waals surface area (Å²) in [5.41, 5.74) is 1.10. The Morgan fingerprint density at radius 1 is 1.23 bits per heavy atom. The first-order chi connectivity index (χ1) is 10.5. The third-order valence-electron chi connectivity index (χ3n) is 3.32. The van der Waals surface area contributed by atoms with Crippen LogP contribution in [0.5, 0.6) is 0 Å². The first-order valence-electron chi connectivity index (χ1n) is 7.58. The van der Waals surface area contributed by atoms with Gasteiger partial charge in [0, 0.05) is 6.16 Å². The van der Waals surface area contributed by atoms with E-state index in [0.717, 1.165) is 5.56 Å². The zero-order chi connectivity index (χ0) is 16.4. The summed E-state index contributed by atoms with van der Waals surface area (Å²) in [4.78, 5) is 12.1. The number of carbonyl (C=O) groups excluding carboxylic acids is 1. The lowest BCUT2D eigenvalue weighted by Crippen LogP contribution is -2.23. The van der Waals surface area contributed by atoms with E-state index in [-0.39, 0.29) is 25.3 Å². The van der Waals surface area contributed by atoms with Crippen LogP contribution >= 0.6 is 7.37 Å². The molecule has 5 nitrogen and oxygen atoms in total. The molecule has 2 atom stereocenters. The number of benzene rings is 1. The molecule has 0 amide bonds. The zero-order valence-electron chi connectivity index (χ0n) is 13.2. The van der Waals surface area contributed by atoms with E-state index in [1.54, 1.807) is 13.8 Å². The Morgan fingerprint density at radius 3 is 2.45 bits per heavy atom. The molecule has 1 rings (SSSR count). The second kappa shape index (κ2) is 9.78. The topological polar surface area (TPSA) is 72.8 Å². The highest BCUT2D eigenvalue weighted by Gasteiger charge is 2.31. The van der Waals surface area contributed by atoms with E-state index in [4.69, 9.17) is 9.26 Å². The molecule has 0 saturated carbocycles. The van der Waals surface area contributed by atoms with E-state index >= 15 is 0 Å². The summed E-state index contributed by atoms with van der Waals surface area (Å²) < 4.78 is 22.7. The average molecular weight is 328 g/mol. The van der Waals surface area contributed by atoms with Gasteiger partial charge in [-0.05, 0) is 32.3 Å². The van der Waals surface area contributed by atoms with Crippen molar-refractivity contribution in [3.8, 4) is 0 Å². The minimum absolute atomic E-state index is 0.0169. The normalized spacial score (nSPS) is 15.0. The molecule has 0 aliphatic rings. The van der Waals surface area contributed by atoms with E-state index < -0.39 is 19.6 Å². The Hall–Kier alpha value is -1.16. The summed E-state index contributed by atoms with van der Waals surface area (Å²) >= 11 is 0. The van der Waals surface area contributed by atoms with Crippen molar-refractivity contribution < 1.29 is 23.7 Å². The molecular weight excluding hydrogens is 303 g/mol. The molecule has 1 aromatic carbocycles. The van der Waals surface area contributed by atoms with Gasteiger partial charge in [0.2, 0.25) is 7.37 Å². The molecule has 0 saturated heterocycles. The van der Waals surface area contributed by atoms with Crippen molar-refractivity contribution in [1.29, 1.82) is 0 Å². The third-order valence-corrected chi connectivity index (χ3v) is 5.48. The maximum Gasteiger partial charge on any atom is 0.309 e. The zero-order valence-corrected chi connectivity index (χ0v) is 14.1. The second-order valence-electron chi connectivity index (χ2n) is 5.03. The standard InChI is InChI=1S/C16H25O5P/c1-3-20-16(18)15(12-22(19,13-17)21-4-2)11-10-14-8-6-5-7-9-14/h5-9,15,17H,3-4,10-13H2,1-2H3. The first-order valence-corrected chi connectivity index (χ1v) is 9.58. The van der Waals surface area contributed by atoms with E-state index in [1.165, 1.54) is 0 Å². The molecular formula is C16H25O5P. The van der Waals surface area contributed by atoms with Gasteiger partial charge in [0.15, 0.2) is 0 Å². The van der Waals surface area contributed by atoms with E-state index in [1.807, 2.05) is 30.3 Å². The number of aliphatic hydroxyl groups is 1. The fourth-order valence-electron chi connectivity index (χ4n) is 2.25. The third kappa shape index (κ3) is 6.30. The molecule has 0 aromatic heterocycles. The van der Waals surface area contributed by atoms with Crippen LogP contribution in [0.2, 0.25) is 0 Å².